The number of hydrogen-bond donors (Lipinski definition) is 1. The summed E-state index contributed by atoms with van der Waals surface area (Å²) in [6.45, 7) is 6.76. The zero-order valence-corrected chi connectivity index (χ0v) is 15.4. The normalized spacial score (nSPS) is 18.7. The van der Waals surface area contributed by atoms with Gasteiger partial charge in [0, 0.05) is 30.8 Å². The number of aromatic nitrogens is 3. The highest BCUT2D eigenvalue weighted by Gasteiger charge is 2.26. The van der Waals surface area contributed by atoms with Gasteiger partial charge in [0.2, 0.25) is 0 Å². The summed E-state index contributed by atoms with van der Waals surface area (Å²) >= 11 is 1.59. The van der Waals surface area contributed by atoms with Gasteiger partial charge in [0.05, 0.1) is 18.3 Å². The van der Waals surface area contributed by atoms with Crippen LogP contribution < -0.4 is 5.32 Å². The predicted octanol–water partition coefficient (Wildman–Crippen LogP) is 3.47. The molecule has 2 aromatic heterocycles. The molecule has 1 saturated heterocycles. The smallest absolute Gasteiger partial charge is 0.188 e. The minimum Gasteiger partial charge on any atom is -0.383 e. The molecule has 1 atom stereocenters. The monoisotopic (exact) mass is 347 g/mol. The van der Waals surface area contributed by atoms with E-state index in [9.17, 15) is 0 Å². The first kappa shape index (κ1) is 17.3. The highest BCUT2D eigenvalue weighted by atomic mass is 32.1. The molecular formula is C17H25N5OS. The first-order chi connectivity index (χ1) is 11.7. The van der Waals surface area contributed by atoms with Gasteiger partial charge in [-0.15, -0.1) is 11.3 Å². The molecule has 1 unspecified atom stereocenters. The molecular weight excluding hydrogens is 322 g/mol. The lowest BCUT2D eigenvalue weighted by Gasteiger charge is -2.34. The largest absolute Gasteiger partial charge is 0.383 e. The molecule has 0 amide bonds. The molecule has 1 aliphatic heterocycles. The van der Waals surface area contributed by atoms with Crippen molar-refractivity contribution in [3.05, 3.63) is 28.7 Å². The van der Waals surface area contributed by atoms with Gasteiger partial charge in [-0.2, -0.15) is 0 Å². The zero-order valence-electron chi connectivity index (χ0n) is 14.6. The van der Waals surface area contributed by atoms with Crippen LogP contribution in [0.1, 0.15) is 42.5 Å². The molecule has 3 rings (SSSR count). The lowest BCUT2D eigenvalue weighted by atomic mass is 10.0. The van der Waals surface area contributed by atoms with Crippen LogP contribution in [-0.4, -0.2) is 46.7 Å². The molecule has 6 nitrogen and oxygen atoms in total. The Morgan fingerprint density at radius 1 is 1.25 bits per heavy atom. The highest BCUT2D eigenvalue weighted by Crippen LogP contribution is 2.30. The van der Waals surface area contributed by atoms with Crippen molar-refractivity contribution in [3.8, 4) is 0 Å². The molecule has 130 valence electrons. The average molecular weight is 347 g/mol. The fraction of sp³-hybridized carbons (Fsp3) is 0.588. The summed E-state index contributed by atoms with van der Waals surface area (Å²) in [7, 11) is 1.75. The topological polar surface area (TPSA) is 63.2 Å². The summed E-state index contributed by atoms with van der Waals surface area (Å²) in [4.78, 5) is 16.4. The van der Waals surface area contributed by atoms with Gasteiger partial charge in [0.1, 0.15) is 11.6 Å². The summed E-state index contributed by atoms with van der Waals surface area (Å²) in [6, 6.07) is 2.25. The maximum atomic E-state index is 5.26. The number of anilines is 2. The number of hydrogen-bond acceptors (Lipinski definition) is 7. The zero-order chi connectivity index (χ0) is 16.9. The fourth-order valence-electron chi connectivity index (χ4n) is 3.09. The minimum atomic E-state index is 0.271. The van der Waals surface area contributed by atoms with Gasteiger partial charge in [-0.05, 0) is 33.2 Å². The van der Waals surface area contributed by atoms with Crippen LogP contribution in [0.3, 0.4) is 0 Å². The molecule has 24 heavy (non-hydrogen) atoms. The molecule has 0 aromatic carbocycles. The number of rotatable bonds is 6. The SMILES string of the molecule is COCCN1CCCCC1c1nc(C)cc(Nc2nc(C)cs2)n1. The summed E-state index contributed by atoms with van der Waals surface area (Å²) in [5.41, 5.74) is 2.00. The van der Waals surface area contributed by atoms with Crippen molar-refractivity contribution < 1.29 is 4.74 Å². The van der Waals surface area contributed by atoms with Crippen LogP contribution in [0.4, 0.5) is 10.9 Å². The Hall–Kier alpha value is -1.57. The van der Waals surface area contributed by atoms with Crippen LogP contribution in [0.2, 0.25) is 0 Å². The van der Waals surface area contributed by atoms with Crippen LogP contribution >= 0.6 is 11.3 Å². The van der Waals surface area contributed by atoms with E-state index >= 15 is 0 Å². The third kappa shape index (κ3) is 4.28. The van der Waals surface area contributed by atoms with E-state index in [0.29, 0.717) is 0 Å². The average Bonchev–Trinajstić information content (AvgIpc) is 2.97. The van der Waals surface area contributed by atoms with Crippen molar-refractivity contribution in [2.75, 3.05) is 32.1 Å². The Kier molecular flexibility index (Phi) is 5.76. The Bertz CT molecular complexity index is 675. The highest BCUT2D eigenvalue weighted by molar-refractivity contribution is 7.13. The molecule has 2 aromatic rings. The van der Waals surface area contributed by atoms with E-state index in [4.69, 9.17) is 14.7 Å². The molecule has 0 radical (unpaired) electrons. The van der Waals surface area contributed by atoms with Crippen molar-refractivity contribution in [3.63, 3.8) is 0 Å². The molecule has 1 N–H and O–H groups in total. The third-order valence-electron chi connectivity index (χ3n) is 4.22. The maximum absolute atomic E-state index is 5.26. The molecule has 1 fully saturated rings. The van der Waals surface area contributed by atoms with Crippen LogP contribution in [0.25, 0.3) is 0 Å². The Balaban J connectivity index is 1.81. The second-order valence-electron chi connectivity index (χ2n) is 6.21. The van der Waals surface area contributed by atoms with E-state index in [1.165, 1.54) is 12.8 Å². The van der Waals surface area contributed by atoms with Crippen molar-refractivity contribution in [1.29, 1.82) is 0 Å². The van der Waals surface area contributed by atoms with E-state index in [1.807, 2.05) is 25.3 Å². The molecule has 3 heterocycles. The minimum absolute atomic E-state index is 0.271. The number of likely N-dealkylation sites (tertiary alicyclic amines) is 1. The number of nitrogens with zero attached hydrogens (tertiary/aromatic N) is 4. The van der Waals surface area contributed by atoms with Gasteiger partial charge in [-0.25, -0.2) is 15.0 Å². The Labute approximate surface area is 147 Å². The standard InChI is InChI=1S/C17H25N5OS/c1-12-10-15(21-17-19-13(2)11-24-17)20-16(18-12)14-6-4-5-7-22(14)8-9-23-3/h10-11,14H,4-9H2,1-3H3,(H,18,19,20,21). The van der Waals surface area contributed by atoms with Crippen molar-refractivity contribution in [2.45, 2.75) is 39.2 Å². The number of nitrogens with one attached hydrogen (secondary N) is 1. The van der Waals surface area contributed by atoms with Crippen LogP contribution in [-0.2, 0) is 4.74 Å². The summed E-state index contributed by atoms with van der Waals surface area (Å²) in [5, 5.41) is 6.22. The lowest BCUT2D eigenvalue weighted by molar-refractivity contribution is 0.0922. The molecule has 0 spiro atoms. The second-order valence-corrected chi connectivity index (χ2v) is 7.07. The lowest BCUT2D eigenvalue weighted by Crippen LogP contribution is -2.36. The number of piperidine rings is 1. The Morgan fingerprint density at radius 2 is 2.12 bits per heavy atom. The quantitative estimate of drug-likeness (QED) is 0.863. The van der Waals surface area contributed by atoms with Crippen LogP contribution in [0, 0.1) is 13.8 Å². The molecule has 7 heteroatoms. The van der Waals surface area contributed by atoms with E-state index in [0.717, 1.165) is 54.3 Å². The van der Waals surface area contributed by atoms with Crippen LogP contribution in [0.15, 0.2) is 11.4 Å². The van der Waals surface area contributed by atoms with Crippen molar-refractivity contribution >= 4 is 22.3 Å². The van der Waals surface area contributed by atoms with Gasteiger partial charge in [0.25, 0.3) is 0 Å². The first-order valence-corrected chi connectivity index (χ1v) is 9.31. The Morgan fingerprint density at radius 3 is 2.88 bits per heavy atom. The van der Waals surface area contributed by atoms with Crippen molar-refractivity contribution in [1.82, 2.24) is 19.9 Å². The number of methoxy groups -OCH3 is 1. The molecule has 0 saturated carbocycles. The van der Waals surface area contributed by atoms with E-state index < -0.39 is 0 Å². The molecule has 0 aliphatic carbocycles. The maximum Gasteiger partial charge on any atom is 0.188 e. The summed E-state index contributed by atoms with van der Waals surface area (Å²) < 4.78 is 5.26. The summed E-state index contributed by atoms with van der Waals surface area (Å²) in [6.07, 6.45) is 3.55. The molecule has 0 bridgehead atoms. The van der Waals surface area contributed by atoms with E-state index in [2.05, 4.69) is 15.2 Å². The van der Waals surface area contributed by atoms with Gasteiger partial charge in [-0.3, -0.25) is 4.90 Å². The van der Waals surface area contributed by atoms with E-state index in [1.54, 1.807) is 18.4 Å². The van der Waals surface area contributed by atoms with Crippen LogP contribution in [0.5, 0.6) is 0 Å². The van der Waals surface area contributed by atoms with Gasteiger partial charge in [0.15, 0.2) is 5.13 Å². The van der Waals surface area contributed by atoms with Gasteiger partial charge >= 0.3 is 0 Å². The summed E-state index contributed by atoms with van der Waals surface area (Å²) in [5.74, 6) is 1.73. The molecule has 1 aliphatic rings. The van der Waals surface area contributed by atoms with Gasteiger partial charge in [-0.1, -0.05) is 6.42 Å². The van der Waals surface area contributed by atoms with E-state index in [-0.39, 0.29) is 6.04 Å². The predicted molar refractivity (Wildman–Crippen MR) is 96.9 cm³/mol. The van der Waals surface area contributed by atoms with Gasteiger partial charge < -0.3 is 10.1 Å². The second kappa shape index (κ2) is 8.00. The number of ether oxygens (including phenoxy) is 1. The number of aryl methyl sites for hydroxylation is 2. The first-order valence-electron chi connectivity index (χ1n) is 8.43. The fourth-order valence-corrected chi connectivity index (χ4v) is 3.78. The van der Waals surface area contributed by atoms with Crippen molar-refractivity contribution in [2.24, 2.45) is 0 Å². The third-order valence-corrected chi connectivity index (χ3v) is 5.10. The number of thiazole rings is 1.